The maximum absolute atomic E-state index is 12.7. The van der Waals surface area contributed by atoms with E-state index in [1.165, 1.54) is 0 Å². The van der Waals surface area contributed by atoms with E-state index in [0.717, 1.165) is 25.7 Å². The lowest BCUT2D eigenvalue weighted by molar-refractivity contribution is 0.141. The molecule has 1 aliphatic heterocycles. The van der Waals surface area contributed by atoms with Gasteiger partial charge in [0.15, 0.2) is 0 Å². The maximum Gasteiger partial charge on any atom is 0.246 e. The van der Waals surface area contributed by atoms with E-state index in [9.17, 15) is 8.42 Å². The van der Waals surface area contributed by atoms with Gasteiger partial charge in [-0.3, -0.25) is 0 Å². The first-order valence-electron chi connectivity index (χ1n) is 7.54. The zero-order chi connectivity index (χ0) is 15.7. The lowest BCUT2D eigenvalue weighted by Gasteiger charge is -2.40. The van der Waals surface area contributed by atoms with Gasteiger partial charge in [0, 0.05) is 19.2 Å². The zero-order valence-corrected chi connectivity index (χ0v) is 14.6. The van der Waals surface area contributed by atoms with Crippen molar-refractivity contribution in [2.45, 2.75) is 57.2 Å². The third-order valence-electron chi connectivity index (χ3n) is 4.96. The lowest BCUT2D eigenvalue weighted by atomic mass is 9.75. The summed E-state index contributed by atoms with van der Waals surface area (Å²) in [6.07, 6.45) is 4.08. The Labute approximate surface area is 132 Å². The summed E-state index contributed by atoms with van der Waals surface area (Å²) in [4.78, 5) is 0.263. The molecule has 21 heavy (non-hydrogen) atoms. The summed E-state index contributed by atoms with van der Waals surface area (Å²) in [5, 5.41) is 0. The van der Waals surface area contributed by atoms with Crippen molar-refractivity contribution in [1.82, 2.24) is 4.31 Å². The Balaban J connectivity index is 2.20. The molecule has 0 spiro atoms. The van der Waals surface area contributed by atoms with E-state index >= 15 is 0 Å². The molecule has 1 aliphatic rings. The number of hydrogen-bond donors (Lipinski definition) is 0. The third kappa shape index (κ3) is 3.15. The number of furan rings is 1. The van der Waals surface area contributed by atoms with E-state index in [1.54, 1.807) is 17.3 Å². The molecule has 0 atom stereocenters. The number of sulfonamides is 1. The Morgan fingerprint density at radius 2 is 1.86 bits per heavy atom. The summed E-state index contributed by atoms with van der Waals surface area (Å²) in [7, 11) is -3.47. The summed E-state index contributed by atoms with van der Waals surface area (Å²) >= 11 is 5.72. The second-order valence-electron chi connectivity index (χ2n) is 5.88. The standard InChI is InChI=1S/C15H24ClNO3S/c1-4-15(5-2)6-8-17(9-7-15)21(18,19)14-10-13(11-16)20-12(14)3/h10H,4-9,11H2,1-3H3. The van der Waals surface area contributed by atoms with Crippen LogP contribution in [0.1, 0.15) is 51.1 Å². The van der Waals surface area contributed by atoms with Crippen LogP contribution in [0.5, 0.6) is 0 Å². The van der Waals surface area contributed by atoms with Crippen LogP contribution in [0.25, 0.3) is 0 Å². The van der Waals surface area contributed by atoms with Gasteiger partial charge < -0.3 is 4.42 Å². The molecule has 120 valence electrons. The van der Waals surface area contributed by atoms with Crippen molar-refractivity contribution >= 4 is 21.6 Å². The minimum absolute atomic E-state index is 0.186. The number of piperidine rings is 1. The van der Waals surface area contributed by atoms with E-state index in [1.807, 2.05) is 0 Å². The van der Waals surface area contributed by atoms with Crippen LogP contribution in [-0.2, 0) is 15.9 Å². The Morgan fingerprint density at radius 1 is 1.29 bits per heavy atom. The Kier molecular flexibility index (Phi) is 5.06. The molecule has 1 fully saturated rings. The predicted octanol–water partition coefficient (Wildman–Crippen LogP) is 3.92. The van der Waals surface area contributed by atoms with Gasteiger partial charge in [-0.25, -0.2) is 8.42 Å². The van der Waals surface area contributed by atoms with Gasteiger partial charge in [-0.1, -0.05) is 26.7 Å². The summed E-state index contributed by atoms with van der Waals surface area (Å²) in [5.74, 6) is 1.11. The molecule has 0 aromatic carbocycles. The number of nitrogens with zero attached hydrogens (tertiary/aromatic N) is 1. The number of alkyl halides is 1. The highest BCUT2D eigenvalue weighted by Gasteiger charge is 2.37. The first kappa shape index (κ1) is 16.8. The summed E-state index contributed by atoms with van der Waals surface area (Å²) in [6, 6.07) is 1.55. The topological polar surface area (TPSA) is 50.5 Å². The fourth-order valence-electron chi connectivity index (χ4n) is 3.14. The lowest BCUT2D eigenvalue weighted by Crippen LogP contribution is -2.42. The Morgan fingerprint density at radius 3 is 2.29 bits per heavy atom. The second kappa shape index (κ2) is 6.31. The number of hydrogen-bond acceptors (Lipinski definition) is 3. The molecule has 2 rings (SSSR count). The molecule has 1 saturated heterocycles. The van der Waals surface area contributed by atoms with Crippen LogP contribution >= 0.6 is 11.6 Å². The fraction of sp³-hybridized carbons (Fsp3) is 0.733. The normalized spacial score (nSPS) is 19.8. The van der Waals surface area contributed by atoms with Crippen LogP contribution in [0, 0.1) is 12.3 Å². The van der Waals surface area contributed by atoms with Gasteiger partial charge in [0.2, 0.25) is 10.0 Å². The quantitative estimate of drug-likeness (QED) is 0.767. The number of aryl methyl sites for hydroxylation is 1. The molecule has 0 bridgehead atoms. The third-order valence-corrected chi connectivity index (χ3v) is 7.23. The summed E-state index contributed by atoms with van der Waals surface area (Å²) in [5.41, 5.74) is 0.304. The molecule has 2 heterocycles. The first-order valence-corrected chi connectivity index (χ1v) is 9.51. The number of rotatable bonds is 5. The van der Waals surface area contributed by atoms with Crippen LogP contribution in [0.3, 0.4) is 0 Å². The van der Waals surface area contributed by atoms with Crippen molar-refractivity contribution in [3.8, 4) is 0 Å². The molecule has 0 saturated carbocycles. The van der Waals surface area contributed by atoms with Gasteiger partial charge >= 0.3 is 0 Å². The first-order chi connectivity index (χ1) is 9.88. The van der Waals surface area contributed by atoms with E-state index in [-0.39, 0.29) is 10.8 Å². The molecule has 0 amide bonds. The molecule has 0 N–H and O–H groups in total. The molecule has 0 unspecified atom stereocenters. The molecular formula is C15H24ClNO3S. The van der Waals surface area contributed by atoms with Crippen LogP contribution in [0.15, 0.2) is 15.4 Å². The van der Waals surface area contributed by atoms with E-state index in [0.29, 0.717) is 30.0 Å². The van der Waals surface area contributed by atoms with Gasteiger partial charge in [-0.05, 0) is 25.2 Å². The van der Waals surface area contributed by atoms with Gasteiger partial charge in [0.25, 0.3) is 0 Å². The van der Waals surface area contributed by atoms with Crippen LogP contribution in [0.2, 0.25) is 0 Å². The molecule has 1 aromatic heterocycles. The van der Waals surface area contributed by atoms with Crippen molar-refractivity contribution in [3.63, 3.8) is 0 Å². The average molecular weight is 334 g/mol. The highest BCUT2D eigenvalue weighted by molar-refractivity contribution is 7.89. The minimum atomic E-state index is -3.47. The smallest absolute Gasteiger partial charge is 0.246 e. The van der Waals surface area contributed by atoms with E-state index < -0.39 is 10.0 Å². The highest BCUT2D eigenvalue weighted by Crippen LogP contribution is 2.39. The minimum Gasteiger partial charge on any atom is -0.464 e. The summed E-state index contributed by atoms with van der Waals surface area (Å²) < 4.78 is 32.5. The van der Waals surface area contributed by atoms with Crippen molar-refractivity contribution < 1.29 is 12.8 Å². The van der Waals surface area contributed by atoms with Gasteiger partial charge in [0.05, 0.1) is 5.88 Å². The molecule has 4 nitrogen and oxygen atoms in total. The molecule has 0 radical (unpaired) electrons. The van der Waals surface area contributed by atoms with Crippen molar-refractivity contribution in [2.24, 2.45) is 5.41 Å². The van der Waals surface area contributed by atoms with Gasteiger partial charge in [-0.15, -0.1) is 11.6 Å². The fourth-order valence-corrected chi connectivity index (χ4v) is 4.90. The monoisotopic (exact) mass is 333 g/mol. The Bertz CT molecular complexity index is 580. The van der Waals surface area contributed by atoms with Crippen LogP contribution < -0.4 is 0 Å². The average Bonchev–Trinajstić information content (AvgIpc) is 2.89. The molecule has 1 aromatic rings. The van der Waals surface area contributed by atoms with E-state index in [2.05, 4.69) is 13.8 Å². The molecular weight excluding hydrogens is 310 g/mol. The zero-order valence-electron chi connectivity index (χ0n) is 13.0. The largest absolute Gasteiger partial charge is 0.464 e. The van der Waals surface area contributed by atoms with Crippen molar-refractivity contribution in [1.29, 1.82) is 0 Å². The predicted molar refractivity (Wildman–Crippen MR) is 84.0 cm³/mol. The Hall–Kier alpha value is -0.520. The van der Waals surface area contributed by atoms with E-state index in [4.69, 9.17) is 16.0 Å². The van der Waals surface area contributed by atoms with Gasteiger partial charge in [0.1, 0.15) is 16.4 Å². The number of halogens is 1. The molecule has 6 heteroatoms. The van der Waals surface area contributed by atoms with Crippen LogP contribution in [-0.4, -0.2) is 25.8 Å². The van der Waals surface area contributed by atoms with Crippen LogP contribution in [0.4, 0.5) is 0 Å². The van der Waals surface area contributed by atoms with Crippen molar-refractivity contribution in [2.75, 3.05) is 13.1 Å². The van der Waals surface area contributed by atoms with Gasteiger partial charge in [-0.2, -0.15) is 4.31 Å². The van der Waals surface area contributed by atoms with Crippen molar-refractivity contribution in [3.05, 3.63) is 17.6 Å². The second-order valence-corrected chi connectivity index (χ2v) is 8.05. The maximum atomic E-state index is 12.7. The highest BCUT2D eigenvalue weighted by atomic mass is 35.5. The summed E-state index contributed by atoms with van der Waals surface area (Å²) in [6.45, 7) is 7.24. The molecule has 0 aliphatic carbocycles. The SMILES string of the molecule is CCC1(CC)CCN(S(=O)(=O)c2cc(CCl)oc2C)CC1.